The molecule has 1 aliphatic rings. The van der Waals surface area contributed by atoms with Crippen LogP contribution in [0.25, 0.3) is 0 Å². The van der Waals surface area contributed by atoms with Crippen LogP contribution in [-0.2, 0) is 9.59 Å². The van der Waals surface area contributed by atoms with Gasteiger partial charge in [0.1, 0.15) is 0 Å². The molecule has 92 valence electrons. The zero-order valence-electron chi connectivity index (χ0n) is 10.1. The van der Waals surface area contributed by atoms with E-state index in [1.165, 1.54) is 0 Å². The molecule has 0 saturated heterocycles. The predicted octanol–water partition coefficient (Wildman–Crippen LogP) is 2.23. The van der Waals surface area contributed by atoms with E-state index >= 15 is 0 Å². The molecule has 0 aliphatic heterocycles. The second-order valence-corrected chi connectivity index (χ2v) is 5.46. The molecule has 4 heteroatoms. The summed E-state index contributed by atoms with van der Waals surface area (Å²) in [7, 11) is 0. The average molecular weight is 228 g/mol. The Balaban J connectivity index is 2.88. The second-order valence-electron chi connectivity index (χ2n) is 5.46. The zero-order chi connectivity index (χ0) is 12.5. The SMILES string of the molecule is CC(C)C1CCC(C)(C(=O)O)CC1C(=O)O. The molecule has 3 unspecified atom stereocenters. The maximum atomic E-state index is 11.2. The third-order valence-electron chi connectivity index (χ3n) is 3.91. The van der Waals surface area contributed by atoms with Crippen LogP contribution in [0.5, 0.6) is 0 Å². The van der Waals surface area contributed by atoms with Crippen molar-refractivity contribution < 1.29 is 19.8 Å². The maximum Gasteiger partial charge on any atom is 0.309 e. The van der Waals surface area contributed by atoms with E-state index in [9.17, 15) is 14.7 Å². The van der Waals surface area contributed by atoms with Crippen molar-refractivity contribution in [2.45, 2.75) is 40.0 Å². The Morgan fingerprint density at radius 2 is 1.88 bits per heavy atom. The van der Waals surface area contributed by atoms with E-state index in [0.717, 1.165) is 0 Å². The normalized spacial score (nSPS) is 35.0. The first kappa shape index (κ1) is 13.0. The Hall–Kier alpha value is -1.06. The van der Waals surface area contributed by atoms with Crippen molar-refractivity contribution in [3.63, 3.8) is 0 Å². The van der Waals surface area contributed by atoms with Crippen LogP contribution in [0.4, 0.5) is 0 Å². The highest BCUT2D eigenvalue weighted by Gasteiger charge is 2.46. The minimum Gasteiger partial charge on any atom is -0.481 e. The van der Waals surface area contributed by atoms with Gasteiger partial charge in [0.25, 0.3) is 0 Å². The summed E-state index contributed by atoms with van der Waals surface area (Å²) in [6.45, 7) is 5.66. The van der Waals surface area contributed by atoms with Crippen molar-refractivity contribution in [1.82, 2.24) is 0 Å². The van der Waals surface area contributed by atoms with Gasteiger partial charge < -0.3 is 10.2 Å². The van der Waals surface area contributed by atoms with Crippen molar-refractivity contribution in [2.24, 2.45) is 23.2 Å². The fourth-order valence-electron chi connectivity index (χ4n) is 2.69. The zero-order valence-corrected chi connectivity index (χ0v) is 10.1. The summed E-state index contributed by atoms with van der Waals surface area (Å²) < 4.78 is 0. The number of aliphatic carboxylic acids is 2. The molecule has 0 amide bonds. The van der Waals surface area contributed by atoms with Crippen molar-refractivity contribution in [3.05, 3.63) is 0 Å². The Morgan fingerprint density at radius 1 is 1.31 bits per heavy atom. The van der Waals surface area contributed by atoms with Gasteiger partial charge >= 0.3 is 11.9 Å². The van der Waals surface area contributed by atoms with Crippen molar-refractivity contribution >= 4 is 11.9 Å². The minimum atomic E-state index is -0.874. The quantitative estimate of drug-likeness (QED) is 0.776. The van der Waals surface area contributed by atoms with E-state index in [0.29, 0.717) is 18.8 Å². The number of carbonyl (C=O) groups is 2. The molecular weight excluding hydrogens is 208 g/mol. The summed E-state index contributed by atoms with van der Waals surface area (Å²) in [6.07, 6.45) is 1.52. The number of hydrogen-bond acceptors (Lipinski definition) is 2. The van der Waals surface area contributed by atoms with Gasteiger partial charge in [0.05, 0.1) is 11.3 Å². The summed E-state index contributed by atoms with van der Waals surface area (Å²) in [5, 5.41) is 18.3. The Bertz CT molecular complexity index is 297. The molecule has 2 N–H and O–H groups in total. The first-order chi connectivity index (χ1) is 7.28. The highest BCUT2D eigenvalue weighted by Crippen LogP contribution is 2.45. The van der Waals surface area contributed by atoms with Crippen LogP contribution >= 0.6 is 0 Å². The standard InChI is InChI=1S/C12H20O4/c1-7(2)8-4-5-12(3,11(15)16)6-9(8)10(13)14/h7-9H,4-6H2,1-3H3,(H,13,14)(H,15,16). The van der Waals surface area contributed by atoms with E-state index in [4.69, 9.17) is 5.11 Å². The highest BCUT2D eigenvalue weighted by molar-refractivity contribution is 5.77. The van der Waals surface area contributed by atoms with Gasteiger partial charge in [0.15, 0.2) is 0 Å². The molecular formula is C12H20O4. The summed E-state index contributed by atoms with van der Waals surface area (Å²) in [5.74, 6) is -1.86. The number of rotatable bonds is 3. The van der Waals surface area contributed by atoms with E-state index in [1.807, 2.05) is 13.8 Å². The minimum absolute atomic E-state index is 0.102. The fourth-order valence-corrected chi connectivity index (χ4v) is 2.69. The fraction of sp³-hybridized carbons (Fsp3) is 0.833. The molecule has 4 nitrogen and oxygen atoms in total. The first-order valence-corrected chi connectivity index (χ1v) is 5.74. The molecule has 0 radical (unpaired) electrons. The summed E-state index contributed by atoms with van der Waals surface area (Å²) in [5.41, 5.74) is -0.867. The Morgan fingerprint density at radius 3 is 2.25 bits per heavy atom. The van der Waals surface area contributed by atoms with Crippen LogP contribution in [0, 0.1) is 23.2 Å². The molecule has 1 saturated carbocycles. The van der Waals surface area contributed by atoms with Crippen LogP contribution in [0.3, 0.4) is 0 Å². The van der Waals surface area contributed by atoms with Crippen LogP contribution in [0.2, 0.25) is 0 Å². The third kappa shape index (κ3) is 2.36. The summed E-state index contributed by atoms with van der Waals surface area (Å²) in [4.78, 5) is 22.3. The molecule has 0 aromatic rings. The Kier molecular flexibility index (Phi) is 3.61. The van der Waals surface area contributed by atoms with E-state index < -0.39 is 23.3 Å². The lowest BCUT2D eigenvalue weighted by atomic mass is 9.63. The lowest BCUT2D eigenvalue weighted by Crippen LogP contribution is -2.42. The highest BCUT2D eigenvalue weighted by atomic mass is 16.4. The second kappa shape index (κ2) is 4.44. The average Bonchev–Trinajstić information content (AvgIpc) is 2.16. The molecule has 0 bridgehead atoms. The molecule has 0 heterocycles. The molecule has 16 heavy (non-hydrogen) atoms. The van der Waals surface area contributed by atoms with Crippen molar-refractivity contribution in [2.75, 3.05) is 0 Å². The Labute approximate surface area is 95.7 Å². The molecule has 1 aliphatic carbocycles. The van der Waals surface area contributed by atoms with E-state index in [1.54, 1.807) is 6.92 Å². The monoisotopic (exact) mass is 228 g/mol. The lowest BCUT2D eigenvalue weighted by Gasteiger charge is -2.40. The van der Waals surface area contributed by atoms with Gasteiger partial charge in [-0.15, -0.1) is 0 Å². The van der Waals surface area contributed by atoms with Gasteiger partial charge in [-0.2, -0.15) is 0 Å². The first-order valence-electron chi connectivity index (χ1n) is 5.74. The third-order valence-corrected chi connectivity index (χ3v) is 3.91. The van der Waals surface area contributed by atoms with Gasteiger partial charge in [0.2, 0.25) is 0 Å². The lowest BCUT2D eigenvalue weighted by molar-refractivity contribution is -0.157. The summed E-state index contributed by atoms with van der Waals surface area (Å²) >= 11 is 0. The smallest absolute Gasteiger partial charge is 0.309 e. The van der Waals surface area contributed by atoms with Gasteiger partial charge in [-0.05, 0) is 38.0 Å². The van der Waals surface area contributed by atoms with Gasteiger partial charge in [0, 0.05) is 0 Å². The van der Waals surface area contributed by atoms with Crippen LogP contribution < -0.4 is 0 Å². The topological polar surface area (TPSA) is 74.6 Å². The van der Waals surface area contributed by atoms with Crippen LogP contribution in [0.15, 0.2) is 0 Å². The number of carboxylic acid groups (broad SMARTS) is 2. The molecule has 0 aromatic heterocycles. The van der Waals surface area contributed by atoms with Gasteiger partial charge in [-0.25, -0.2) is 0 Å². The van der Waals surface area contributed by atoms with Crippen molar-refractivity contribution in [3.8, 4) is 0 Å². The molecule has 1 fully saturated rings. The number of hydrogen-bond donors (Lipinski definition) is 2. The largest absolute Gasteiger partial charge is 0.481 e. The van der Waals surface area contributed by atoms with E-state index in [2.05, 4.69) is 0 Å². The van der Waals surface area contributed by atoms with E-state index in [-0.39, 0.29) is 12.3 Å². The van der Waals surface area contributed by atoms with Gasteiger partial charge in [-0.1, -0.05) is 13.8 Å². The number of carboxylic acids is 2. The van der Waals surface area contributed by atoms with Crippen LogP contribution in [-0.4, -0.2) is 22.2 Å². The van der Waals surface area contributed by atoms with Crippen LogP contribution in [0.1, 0.15) is 40.0 Å². The van der Waals surface area contributed by atoms with Crippen molar-refractivity contribution in [1.29, 1.82) is 0 Å². The predicted molar refractivity (Wildman–Crippen MR) is 59.0 cm³/mol. The molecule has 0 spiro atoms. The maximum absolute atomic E-state index is 11.2. The molecule has 1 rings (SSSR count). The van der Waals surface area contributed by atoms with Gasteiger partial charge in [-0.3, -0.25) is 9.59 Å². The summed E-state index contributed by atoms with van der Waals surface area (Å²) in [6, 6.07) is 0. The molecule has 0 aromatic carbocycles. The molecule has 3 atom stereocenters.